The predicted octanol–water partition coefficient (Wildman–Crippen LogP) is 3.53. The lowest BCUT2D eigenvalue weighted by atomic mass is 10.1. The summed E-state index contributed by atoms with van der Waals surface area (Å²) in [5.74, 6) is 0.334. The molecular weight excluding hydrogens is 448 g/mol. The predicted molar refractivity (Wildman–Crippen MR) is 117 cm³/mol. The van der Waals surface area contributed by atoms with Crippen LogP contribution in [-0.4, -0.2) is 41.4 Å². The highest BCUT2D eigenvalue weighted by molar-refractivity contribution is 9.10. The minimum absolute atomic E-state index is 0.0424. The van der Waals surface area contributed by atoms with Gasteiger partial charge in [0.25, 0.3) is 5.91 Å². The first kappa shape index (κ1) is 20.2. The number of nitrogens with zero attached hydrogens (tertiary/aromatic N) is 3. The molecule has 2 amide bonds. The third kappa shape index (κ3) is 3.95. The Hall–Kier alpha value is -3.13. The van der Waals surface area contributed by atoms with Crippen molar-refractivity contribution in [2.24, 2.45) is 0 Å². The normalized spacial score (nSPS) is 15.9. The van der Waals surface area contributed by atoms with Crippen molar-refractivity contribution in [2.45, 2.75) is 19.4 Å². The second kappa shape index (κ2) is 8.31. The van der Waals surface area contributed by atoms with Gasteiger partial charge in [0.05, 0.1) is 11.9 Å². The molecule has 30 heavy (non-hydrogen) atoms. The van der Waals surface area contributed by atoms with E-state index in [2.05, 4.69) is 26.3 Å². The number of amides is 2. The van der Waals surface area contributed by atoms with Crippen molar-refractivity contribution in [3.63, 3.8) is 0 Å². The summed E-state index contributed by atoms with van der Waals surface area (Å²) < 4.78 is 7.91. The highest BCUT2D eigenvalue weighted by Gasteiger charge is 2.31. The van der Waals surface area contributed by atoms with E-state index in [1.54, 1.807) is 19.3 Å². The number of ether oxygens (including phenoxy) is 1. The van der Waals surface area contributed by atoms with Crippen LogP contribution >= 0.6 is 15.9 Å². The molecule has 1 aliphatic heterocycles. The van der Waals surface area contributed by atoms with Crippen molar-refractivity contribution in [3.8, 4) is 5.75 Å². The first-order valence-electron chi connectivity index (χ1n) is 9.52. The van der Waals surface area contributed by atoms with Gasteiger partial charge in [-0.2, -0.15) is 9.78 Å². The fourth-order valence-corrected chi connectivity index (χ4v) is 3.77. The Morgan fingerprint density at radius 3 is 2.80 bits per heavy atom. The second-order valence-electron chi connectivity index (χ2n) is 7.15. The maximum absolute atomic E-state index is 12.9. The first-order valence-corrected chi connectivity index (χ1v) is 10.3. The number of rotatable bonds is 3. The van der Waals surface area contributed by atoms with Gasteiger partial charge in [0.1, 0.15) is 18.4 Å². The number of hydrogen-bond donors (Lipinski definition) is 1. The van der Waals surface area contributed by atoms with E-state index in [1.807, 2.05) is 49.4 Å². The van der Waals surface area contributed by atoms with Crippen LogP contribution in [0.3, 0.4) is 0 Å². The van der Waals surface area contributed by atoms with Gasteiger partial charge in [-0.3, -0.25) is 4.79 Å². The Kier molecular flexibility index (Phi) is 5.59. The molecule has 0 bridgehead atoms. The molecule has 0 aliphatic carbocycles. The summed E-state index contributed by atoms with van der Waals surface area (Å²) in [6.07, 6.45) is 2.37. The number of nitrogens with one attached hydrogen (secondary N) is 1. The zero-order valence-corrected chi connectivity index (χ0v) is 18.2. The monoisotopic (exact) mass is 468 g/mol. The van der Waals surface area contributed by atoms with E-state index in [9.17, 15) is 9.59 Å². The first-order chi connectivity index (χ1) is 14.4. The lowest BCUT2D eigenvalue weighted by molar-refractivity contribution is -0.120. The topological polar surface area (TPSA) is 76.5 Å². The quantitative estimate of drug-likeness (QED) is 0.637. The molecule has 1 aliphatic rings. The van der Waals surface area contributed by atoms with Crippen molar-refractivity contribution in [1.29, 1.82) is 0 Å². The number of carbonyl (C=O) groups is 2. The van der Waals surface area contributed by atoms with Crippen molar-refractivity contribution < 1.29 is 14.3 Å². The van der Waals surface area contributed by atoms with Gasteiger partial charge in [0.2, 0.25) is 0 Å². The van der Waals surface area contributed by atoms with E-state index >= 15 is 0 Å². The van der Waals surface area contributed by atoms with E-state index in [0.717, 1.165) is 21.3 Å². The maximum Gasteiger partial charge on any atom is 0.343 e. The Morgan fingerprint density at radius 1 is 1.27 bits per heavy atom. The third-order valence-corrected chi connectivity index (χ3v) is 5.65. The summed E-state index contributed by atoms with van der Waals surface area (Å²) in [5, 5.41) is 6.99. The molecule has 0 unspecified atom stereocenters. The van der Waals surface area contributed by atoms with E-state index in [0.29, 0.717) is 17.9 Å². The molecule has 2 heterocycles. The number of aromatic nitrogens is 2. The van der Waals surface area contributed by atoms with Crippen molar-refractivity contribution >= 4 is 33.6 Å². The summed E-state index contributed by atoms with van der Waals surface area (Å²) in [5.41, 5.74) is 3.47. The number of anilines is 1. The van der Waals surface area contributed by atoms with E-state index in [1.165, 1.54) is 9.58 Å². The van der Waals surface area contributed by atoms with Gasteiger partial charge in [-0.05, 0) is 36.2 Å². The molecule has 0 saturated heterocycles. The summed E-state index contributed by atoms with van der Waals surface area (Å²) in [6.45, 7) is 1.89. The van der Waals surface area contributed by atoms with E-state index in [-0.39, 0.29) is 12.5 Å². The van der Waals surface area contributed by atoms with Crippen LogP contribution < -0.4 is 15.0 Å². The number of halogens is 1. The maximum atomic E-state index is 12.9. The van der Waals surface area contributed by atoms with E-state index in [4.69, 9.17) is 4.74 Å². The van der Waals surface area contributed by atoms with Crippen molar-refractivity contribution in [2.75, 3.05) is 18.6 Å². The summed E-state index contributed by atoms with van der Waals surface area (Å²) >= 11 is 3.41. The van der Waals surface area contributed by atoms with Gasteiger partial charge < -0.3 is 15.0 Å². The molecule has 0 saturated carbocycles. The minimum atomic E-state index is -0.824. The smallest absolute Gasteiger partial charge is 0.343 e. The van der Waals surface area contributed by atoms with Crippen LogP contribution in [-0.2, 0) is 11.2 Å². The third-order valence-electron chi connectivity index (χ3n) is 5.16. The molecule has 0 fully saturated rings. The molecule has 7 nitrogen and oxygen atoms in total. The molecule has 4 rings (SSSR count). The zero-order valence-electron chi connectivity index (χ0n) is 16.6. The number of carbonyl (C=O) groups excluding carboxylic acids is 2. The van der Waals surface area contributed by atoms with Crippen LogP contribution in [0.5, 0.6) is 5.75 Å². The Bertz CT molecular complexity index is 1100. The van der Waals surface area contributed by atoms with Gasteiger partial charge in [-0.1, -0.05) is 46.3 Å². The molecule has 1 N–H and O–H groups in total. The minimum Gasteiger partial charge on any atom is -0.489 e. The lowest BCUT2D eigenvalue weighted by Gasteiger charge is -2.20. The molecule has 3 aromatic rings. The van der Waals surface area contributed by atoms with Crippen LogP contribution in [0.1, 0.15) is 16.8 Å². The number of hydrogen-bond acceptors (Lipinski definition) is 4. The molecule has 154 valence electrons. The summed E-state index contributed by atoms with van der Waals surface area (Å²) in [6, 6.07) is 14.1. The highest BCUT2D eigenvalue weighted by atomic mass is 79.9. The largest absolute Gasteiger partial charge is 0.489 e. The molecule has 0 spiro atoms. The van der Waals surface area contributed by atoms with Gasteiger partial charge in [-0.15, -0.1) is 0 Å². The van der Waals surface area contributed by atoms with Gasteiger partial charge in [0.15, 0.2) is 0 Å². The van der Waals surface area contributed by atoms with Gasteiger partial charge in [-0.25, -0.2) is 4.79 Å². The van der Waals surface area contributed by atoms with Crippen LogP contribution in [0, 0.1) is 6.92 Å². The van der Waals surface area contributed by atoms with Crippen LogP contribution in [0.25, 0.3) is 0 Å². The SMILES string of the molecule is Cc1c(Cc2ccccc2)cnn1C(=O)N[C@H]1COc2ccc(Br)cc2N(C)C1=O. The molecule has 1 atom stereocenters. The molecule has 1 aromatic heterocycles. The fourth-order valence-electron chi connectivity index (χ4n) is 3.42. The second-order valence-corrected chi connectivity index (χ2v) is 8.07. The van der Waals surface area contributed by atoms with Gasteiger partial charge in [0, 0.05) is 23.6 Å². The average molecular weight is 469 g/mol. The number of fused-ring (bicyclic) bond motifs is 1. The van der Waals surface area contributed by atoms with Crippen molar-refractivity contribution in [1.82, 2.24) is 15.1 Å². The van der Waals surface area contributed by atoms with Crippen LogP contribution in [0.2, 0.25) is 0 Å². The van der Waals surface area contributed by atoms with Gasteiger partial charge >= 0.3 is 6.03 Å². The summed E-state index contributed by atoms with van der Waals surface area (Å²) in [7, 11) is 1.67. The van der Waals surface area contributed by atoms with Crippen LogP contribution in [0.4, 0.5) is 10.5 Å². The zero-order chi connectivity index (χ0) is 21.3. The standard InChI is InChI=1S/C22H21BrN4O3/c1-14-16(10-15-6-4-3-5-7-15)12-24-27(14)22(29)25-18-13-30-20-9-8-17(23)11-19(20)26(2)21(18)28/h3-9,11-12,18H,10,13H2,1-2H3,(H,25,29)/t18-/m0/s1. The van der Waals surface area contributed by atoms with Crippen LogP contribution in [0.15, 0.2) is 59.2 Å². The fraction of sp³-hybridized carbons (Fsp3) is 0.227. The highest BCUT2D eigenvalue weighted by Crippen LogP contribution is 2.33. The number of likely N-dealkylation sites (N-methyl/N-ethyl adjacent to an activating group) is 1. The molecule has 2 aromatic carbocycles. The van der Waals surface area contributed by atoms with Crippen molar-refractivity contribution in [3.05, 3.63) is 76.0 Å². The Labute approximate surface area is 182 Å². The average Bonchev–Trinajstić information content (AvgIpc) is 3.06. The Balaban J connectivity index is 1.50. The van der Waals surface area contributed by atoms with E-state index < -0.39 is 12.1 Å². The number of benzene rings is 2. The molecular formula is C22H21BrN4O3. The molecule has 8 heteroatoms. The lowest BCUT2D eigenvalue weighted by Crippen LogP contribution is -2.50. The summed E-state index contributed by atoms with van der Waals surface area (Å²) in [4.78, 5) is 27.2. The molecule has 0 radical (unpaired) electrons. The Morgan fingerprint density at radius 2 is 2.03 bits per heavy atom.